The first kappa shape index (κ1) is 15.2. The van der Waals surface area contributed by atoms with Crippen LogP contribution < -0.4 is 10.6 Å². The average Bonchev–Trinajstić information content (AvgIpc) is 2.76. The van der Waals surface area contributed by atoms with E-state index in [2.05, 4.69) is 20.6 Å². The van der Waals surface area contributed by atoms with Crippen LogP contribution in [0.25, 0.3) is 10.2 Å². The Labute approximate surface area is 125 Å². The van der Waals surface area contributed by atoms with Crippen LogP contribution in [0, 0.1) is 6.92 Å². The van der Waals surface area contributed by atoms with Gasteiger partial charge in [-0.1, -0.05) is 0 Å². The Morgan fingerprint density at radius 3 is 2.76 bits per heavy atom. The monoisotopic (exact) mass is 308 g/mol. The summed E-state index contributed by atoms with van der Waals surface area (Å²) in [6.45, 7) is 4.77. The number of nitrogens with zero attached hydrogens (tertiary/aromatic N) is 2. The fourth-order valence-electron chi connectivity index (χ4n) is 1.73. The highest BCUT2D eigenvalue weighted by Crippen LogP contribution is 2.27. The molecule has 0 fully saturated rings. The largest absolute Gasteiger partial charge is 0.480 e. The van der Waals surface area contributed by atoms with Gasteiger partial charge in [-0.25, -0.2) is 14.8 Å². The van der Waals surface area contributed by atoms with Crippen molar-refractivity contribution in [3.05, 3.63) is 17.3 Å². The van der Waals surface area contributed by atoms with E-state index in [4.69, 9.17) is 5.11 Å². The minimum Gasteiger partial charge on any atom is -0.480 e. The van der Waals surface area contributed by atoms with Crippen LogP contribution in [0.1, 0.15) is 18.7 Å². The van der Waals surface area contributed by atoms with Crippen molar-refractivity contribution in [2.75, 3.05) is 11.9 Å². The maximum atomic E-state index is 11.8. The number of carbonyl (C=O) groups is 2. The van der Waals surface area contributed by atoms with Crippen molar-refractivity contribution >= 4 is 39.2 Å². The standard InChI is InChI=1S/C13H16N4O3S/c1-7-4-8-10(15-6-16-11(8)21-7)14-5-9(18)17-13(2,3)12(19)20/h4,6H,5H2,1-3H3,(H,17,18)(H,19,20)(H,14,15,16). The van der Waals surface area contributed by atoms with Crippen LogP contribution in [0.2, 0.25) is 0 Å². The molecular weight excluding hydrogens is 292 g/mol. The van der Waals surface area contributed by atoms with E-state index in [0.717, 1.165) is 15.1 Å². The first-order chi connectivity index (χ1) is 9.79. The molecule has 0 aliphatic carbocycles. The van der Waals surface area contributed by atoms with E-state index in [1.54, 1.807) is 11.3 Å². The lowest BCUT2D eigenvalue weighted by Crippen LogP contribution is -2.51. The van der Waals surface area contributed by atoms with Gasteiger partial charge < -0.3 is 15.7 Å². The summed E-state index contributed by atoms with van der Waals surface area (Å²) in [5.41, 5.74) is -1.31. The van der Waals surface area contributed by atoms with Gasteiger partial charge in [-0.2, -0.15) is 0 Å². The van der Waals surface area contributed by atoms with E-state index in [1.807, 2.05) is 13.0 Å². The first-order valence-corrected chi connectivity index (χ1v) is 7.10. The van der Waals surface area contributed by atoms with E-state index in [9.17, 15) is 9.59 Å². The number of rotatable bonds is 5. The number of aliphatic carboxylic acids is 1. The number of fused-ring (bicyclic) bond motifs is 1. The molecule has 7 nitrogen and oxygen atoms in total. The van der Waals surface area contributed by atoms with Crippen LogP contribution in [0.4, 0.5) is 5.82 Å². The summed E-state index contributed by atoms with van der Waals surface area (Å²) in [5, 5.41) is 15.2. The molecule has 3 N–H and O–H groups in total. The van der Waals surface area contributed by atoms with Crippen LogP contribution in [0.3, 0.4) is 0 Å². The highest BCUT2D eigenvalue weighted by molar-refractivity contribution is 7.18. The lowest BCUT2D eigenvalue weighted by Gasteiger charge is -2.21. The number of aryl methyl sites for hydroxylation is 1. The molecule has 0 saturated carbocycles. The third-order valence-electron chi connectivity index (χ3n) is 2.86. The molecule has 0 aliphatic rings. The second kappa shape index (κ2) is 5.65. The van der Waals surface area contributed by atoms with Crippen LogP contribution in [0.15, 0.2) is 12.4 Å². The summed E-state index contributed by atoms with van der Waals surface area (Å²) < 4.78 is 0. The van der Waals surface area contributed by atoms with Crippen LogP contribution in [-0.2, 0) is 9.59 Å². The normalized spacial score (nSPS) is 11.4. The Balaban J connectivity index is 2.05. The highest BCUT2D eigenvalue weighted by Gasteiger charge is 2.28. The second-order valence-corrected chi connectivity index (χ2v) is 6.36. The quantitative estimate of drug-likeness (QED) is 0.771. The number of thiophene rings is 1. The lowest BCUT2D eigenvalue weighted by molar-refractivity contribution is -0.145. The number of hydrogen-bond acceptors (Lipinski definition) is 6. The van der Waals surface area contributed by atoms with Gasteiger partial charge in [0, 0.05) is 4.88 Å². The summed E-state index contributed by atoms with van der Waals surface area (Å²) in [6, 6.07) is 1.95. The molecule has 2 aromatic heterocycles. The number of carbonyl (C=O) groups excluding carboxylic acids is 1. The number of hydrogen-bond donors (Lipinski definition) is 3. The molecule has 0 unspecified atom stereocenters. The van der Waals surface area contributed by atoms with E-state index < -0.39 is 17.4 Å². The van der Waals surface area contributed by atoms with E-state index >= 15 is 0 Å². The minimum absolute atomic E-state index is 0.0578. The molecule has 1 amide bonds. The molecule has 0 radical (unpaired) electrons. The van der Waals surface area contributed by atoms with Crippen molar-refractivity contribution in [1.29, 1.82) is 0 Å². The fourth-order valence-corrected chi connectivity index (χ4v) is 2.57. The van der Waals surface area contributed by atoms with Gasteiger partial charge in [-0.3, -0.25) is 4.79 Å². The first-order valence-electron chi connectivity index (χ1n) is 6.29. The van der Waals surface area contributed by atoms with Gasteiger partial charge in [0.15, 0.2) is 0 Å². The molecule has 0 aliphatic heterocycles. The number of nitrogens with one attached hydrogen (secondary N) is 2. The summed E-state index contributed by atoms with van der Waals surface area (Å²) in [7, 11) is 0. The van der Waals surface area contributed by atoms with Crippen molar-refractivity contribution in [2.45, 2.75) is 26.3 Å². The zero-order chi connectivity index (χ0) is 15.6. The topological polar surface area (TPSA) is 104 Å². The Kier molecular flexibility index (Phi) is 4.08. The predicted molar refractivity (Wildman–Crippen MR) is 80.5 cm³/mol. The molecule has 2 heterocycles. The van der Waals surface area contributed by atoms with Crippen molar-refractivity contribution < 1.29 is 14.7 Å². The third kappa shape index (κ3) is 3.46. The van der Waals surface area contributed by atoms with Crippen LogP contribution >= 0.6 is 11.3 Å². The summed E-state index contributed by atoms with van der Waals surface area (Å²) in [4.78, 5) is 33.0. The SMILES string of the molecule is Cc1cc2c(NCC(=O)NC(C)(C)C(=O)O)ncnc2s1. The van der Waals surface area contributed by atoms with E-state index in [0.29, 0.717) is 5.82 Å². The van der Waals surface area contributed by atoms with Gasteiger partial charge in [-0.05, 0) is 26.8 Å². The average molecular weight is 308 g/mol. The smallest absolute Gasteiger partial charge is 0.328 e. The van der Waals surface area contributed by atoms with Crippen molar-refractivity contribution in [1.82, 2.24) is 15.3 Å². The maximum absolute atomic E-state index is 11.8. The van der Waals surface area contributed by atoms with Gasteiger partial charge in [0.05, 0.1) is 11.9 Å². The molecule has 0 aromatic carbocycles. The Morgan fingerprint density at radius 2 is 2.10 bits per heavy atom. The molecule has 2 aromatic rings. The molecule has 112 valence electrons. The Bertz CT molecular complexity index is 696. The van der Waals surface area contributed by atoms with Gasteiger partial charge in [0.1, 0.15) is 22.5 Å². The number of aromatic nitrogens is 2. The Morgan fingerprint density at radius 1 is 1.38 bits per heavy atom. The summed E-state index contributed by atoms with van der Waals surface area (Å²) in [6.07, 6.45) is 1.43. The molecule has 21 heavy (non-hydrogen) atoms. The summed E-state index contributed by atoms with van der Waals surface area (Å²) >= 11 is 1.55. The lowest BCUT2D eigenvalue weighted by atomic mass is 10.1. The van der Waals surface area contributed by atoms with Gasteiger partial charge in [0.2, 0.25) is 5.91 Å². The minimum atomic E-state index is -1.31. The molecule has 0 saturated heterocycles. The van der Waals surface area contributed by atoms with Crippen molar-refractivity contribution in [2.24, 2.45) is 0 Å². The van der Waals surface area contributed by atoms with E-state index in [1.165, 1.54) is 20.2 Å². The molecule has 8 heteroatoms. The number of carboxylic acid groups (broad SMARTS) is 1. The molecular formula is C13H16N4O3S. The van der Waals surface area contributed by atoms with Crippen LogP contribution in [0.5, 0.6) is 0 Å². The zero-order valence-corrected chi connectivity index (χ0v) is 12.7. The predicted octanol–water partition coefficient (Wildman–Crippen LogP) is 1.39. The van der Waals surface area contributed by atoms with Crippen LogP contribution in [-0.4, -0.2) is 39.0 Å². The van der Waals surface area contributed by atoms with Crippen molar-refractivity contribution in [3.8, 4) is 0 Å². The second-order valence-electron chi connectivity index (χ2n) is 5.13. The maximum Gasteiger partial charge on any atom is 0.328 e. The molecule has 0 spiro atoms. The highest BCUT2D eigenvalue weighted by atomic mass is 32.1. The Hall–Kier alpha value is -2.22. The zero-order valence-electron chi connectivity index (χ0n) is 11.9. The number of anilines is 1. The number of carboxylic acids is 1. The number of amides is 1. The third-order valence-corrected chi connectivity index (χ3v) is 3.81. The molecule has 0 atom stereocenters. The van der Waals surface area contributed by atoms with Crippen molar-refractivity contribution in [3.63, 3.8) is 0 Å². The molecule has 0 bridgehead atoms. The summed E-state index contributed by atoms with van der Waals surface area (Å²) in [5.74, 6) is -0.942. The van der Waals surface area contributed by atoms with Gasteiger partial charge >= 0.3 is 5.97 Å². The fraction of sp³-hybridized carbons (Fsp3) is 0.385. The van der Waals surface area contributed by atoms with Gasteiger partial charge in [0.25, 0.3) is 0 Å². The van der Waals surface area contributed by atoms with E-state index in [-0.39, 0.29) is 6.54 Å². The molecule has 2 rings (SSSR count). The van der Waals surface area contributed by atoms with Gasteiger partial charge in [-0.15, -0.1) is 11.3 Å².